The minimum Gasteiger partial charge on any atom is -0.317 e. The molecule has 0 aliphatic carbocycles. The van der Waals surface area contributed by atoms with Crippen molar-refractivity contribution in [3.8, 4) is 0 Å². The smallest absolute Gasteiger partial charge is 0.261 e. The highest BCUT2D eigenvalue weighted by Crippen LogP contribution is 2.31. The van der Waals surface area contributed by atoms with Crippen molar-refractivity contribution in [2.45, 2.75) is 23.7 Å². The van der Waals surface area contributed by atoms with Crippen molar-refractivity contribution in [3.63, 3.8) is 0 Å². The summed E-state index contributed by atoms with van der Waals surface area (Å²) in [4.78, 5) is 15.5. The first-order valence-electron chi connectivity index (χ1n) is 9.86. The lowest BCUT2D eigenvalue weighted by Crippen LogP contribution is -2.28. The number of benzene rings is 2. The zero-order chi connectivity index (χ0) is 20.7. The quantitative estimate of drug-likeness (QED) is 0.467. The SMILES string of the molecule is O=c1cc(C2CCNCC2)n2nc3cccc(NS(=O)(=O)c4ccccc4)c3c2[nH]1. The molecule has 0 bridgehead atoms. The molecule has 1 fully saturated rings. The van der Waals surface area contributed by atoms with Gasteiger partial charge in [-0.3, -0.25) is 9.52 Å². The Morgan fingerprint density at radius 2 is 1.80 bits per heavy atom. The number of anilines is 1. The van der Waals surface area contributed by atoms with Crippen LogP contribution in [0.3, 0.4) is 0 Å². The predicted octanol–water partition coefficient (Wildman–Crippen LogP) is 2.44. The largest absolute Gasteiger partial charge is 0.317 e. The number of rotatable bonds is 4. The van der Waals surface area contributed by atoms with Crippen LogP contribution in [0.25, 0.3) is 16.6 Å². The van der Waals surface area contributed by atoms with Gasteiger partial charge in [0.1, 0.15) is 5.65 Å². The average molecular weight is 423 g/mol. The maximum Gasteiger partial charge on any atom is 0.261 e. The highest BCUT2D eigenvalue weighted by Gasteiger charge is 2.23. The highest BCUT2D eigenvalue weighted by molar-refractivity contribution is 7.92. The molecule has 2 aromatic heterocycles. The molecule has 2 aromatic carbocycles. The standard InChI is InChI=1S/C21H21N5O3S/c27-19-13-18(14-9-11-22-12-10-14)26-21(23-19)20-16(24-26)7-4-8-17(20)25-30(28,29)15-5-2-1-3-6-15/h1-8,13-14,22,25H,9-12H2,(H,23,27). The molecule has 0 saturated carbocycles. The number of nitrogens with zero attached hydrogens (tertiary/aromatic N) is 2. The minimum atomic E-state index is -3.78. The topological polar surface area (TPSA) is 108 Å². The first-order chi connectivity index (χ1) is 14.5. The molecular formula is C21H21N5O3S. The lowest BCUT2D eigenvalue weighted by Gasteiger charge is -2.23. The Bertz CT molecular complexity index is 1390. The number of aromatic amines is 1. The maximum atomic E-state index is 12.9. The van der Waals surface area contributed by atoms with Gasteiger partial charge in [0.2, 0.25) is 0 Å². The zero-order valence-electron chi connectivity index (χ0n) is 16.1. The fraction of sp³-hybridized carbons (Fsp3) is 0.238. The van der Waals surface area contributed by atoms with Crippen LogP contribution in [-0.2, 0) is 10.0 Å². The van der Waals surface area contributed by atoms with Crippen LogP contribution < -0.4 is 15.6 Å². The third kappa shape index (κ3) is 3.25. The molecule has 0 radical (unpaired) electrons. The lowest BCUT2D eigenvalue weighted by molar-refractivity contribution is 0.446. The number of hydrogen-bond donors (Lipinski definition) is 3. The van der Waals surface area contributed by atoms with E-state index in [9.17, 15) is 13.2 Å². The molecule has 154 valence electrons. The van der Waals surface area contributed by atoms with Crippen molar-refractivity contribution in [3.05, 3.63) is 70.6 Å². The second-order valence-corrected chi connectivity index (χ2v) is 9.14. The Morgan fingerprint density at radius 1 is 1.03 bits per heavy atom. The molecule has 0 spiro atoms. The number of aromatic nitrogens is 3. The molecular weight excluding hydrogens is 402 g/mol. The Kier molecular flexibility index (Phi) is 4.56. The fourth-order valence-electron chi connectivity index (χ4n) is 4.08. The van der Waals surface area contributed by atoms with E-state index in [0.29, 0.717) is 22.2 Å². The second-order valence-electron chi connectivity index (χ2n) is 7.46. The molecule has 30 heavy (non-hydrogen) atoms. The van der Waals surface area contributed by atoms with E-state index in [1.54, 1.807) is 40.9 Å². The highest BCUT2D eigenvalue weighted by atomic mass is 32.2. The molecule has 8 nitrogen and oxygen atoms in total. The first-order valence-corrected chi connectivity index (χ1v) is 11.3. The lowest BCUT2D eigenvalue weighted by atomic mass is 9.94. The van der Waals surface area contributed by atoms with E-state index in [2.05, 4.69) is 20.1 Å². The first kappa shape index (κ1) is 18.8. The van der Waals surface area contributed by atoms with Crippen LogP contribution in [0.15, 0.2) is 64.3 Å². The van der Waals surface area contributed by atoms with Gasteiger partial charge in [0.05, 0.1) is 27.2 Å². The van der Waals surface area contributed by atoms with Gasteiger partial charge in [-0.1, -0.05) is 24.3 Å². The average Bonchev–Trinajstić information content (AvgIpc) is 3.13. The van der Waals surface area contributed by atoms with Gasteiger partial charge in [0.25, 0.3) is 15.6 Å². The van der Waals surface area contributed by atoms with E-state index >= 15 is 0 Å². The van der Waals surface area contributed by atoms with Crippen molar-refractivity contribution in [2.75, 3.05) is 17.8 Å². The van der Waals surface area contributed by atoms with Crippen molar-refractivity contribution >= 4 is 32.3 Å². The molecule has 4 aromatic rings. The van der Waals surface area contributed by atoms with Crippen LogP contribution in [0, 0.1) is 0 Å². The van der Waals surface area contributed by atoms with Crippen LogP contribution in [-0.4, -0.2) is 36.1 Å². The molecule has 1 saturated heterocycles. The Hall–Kier alpha value is -3.17. The van der Waals surface area contributed by atoms with Crippen LogP contribution in [0.1, 0.15) is 24.5 Å². The fourth-order valence-corrected chi connectivity index (χ4v) is 5.18. The summed E-state index contributed by atoms with van der Waals surface area (Å²) in [6.07, 6.45) is 1.84. The van der Waals surface area contributed by atoms with E-state index < -0.39 is 10.0 Å². The van der Waals surface area contributed by atoms with Crippen LogP contribution in [0.4, 0.5) is 5.69 Å². The summed E-state index contributed by atoms with van der Waals surface area (Å²) < 4.78 is 30.1. The van der Waals surface area contributed by atoms with Gasteiger partial charge in [-0.2, -0.15) is 5.10 Å². The Labute approximate surface area is 173 Å². The molecule has 1 aliphatic heterocycles. The summed E-state index contributed by atoms with van der Waals surface area (Å²) in [5.41, 5.74) is 2.11. The number of H-pyrrole nitrogens is 1. The van der Waals surface area contributed by atoms with Gasteiger partial charge < -0.3 is 10.3 Å². The third-order valence-corrected chi connectivity index (χ3v) is 6.90. The number of fused-ring (bicyclic) bond motifs is 3. The number of nitrogens with one attached hydrogen (secondary N) is 3. The molecule has 0 atom stereocenters. The van der Waals surface area contributed by atoms with Gasteiger partial charge in [0, 0.05) is 12.0 Å². The van der Waals surface area contributed by atoms with Crippen LogP contribution in [0.2, 0.25) is 0 Å². The predicted molar refractivity (Wildman–Crippen MR) is 115 cm³/mol. The molecule has 0 amide bonds. The van der Waals surface area contributed by atoms with E-state index in [1.807, 2.05) is 6.07 Å². The van der Waals surface area contributed by atoms with Crippen molar-refractivity contribution in [1.29, 1.82) is 0 Å². The third-order valence-electron chi connectivity index (χ3n) is 5.52. The zero-order valence-corrected chi connectivity index (χ0v) is 16.9. The van der Waals surface area contributed by atoms with E-state index in [1.165, 1.54) is 12.1 Å². The van der Waals surface area contributed by atoms with Crippen LogP contribution >= 0.6 is 0 Å². The molecule has 5 rings (SSSR count). The summed E-state index contributed by atoms with van der Waals surface area (Å²) in [5, 5.41) is 8.59. The molecule has 9 heteroatoms. The number of piperidine rings is 1. The summed E-state index contributed by atoms with van der Waals surface area (Å²) in [6, 6.07) is 15.0. The second kappa shape index (κ2) is 7.26. The van der Waals surface area contributed by atoms with Gasteiger partial charge in [0.15, 0.2) is 0 Å². The Morgan fingerprint density at radius 3 is 2.57 bits per heavy atom. The Balaban J connectivity index is 1.69. The molecule has 3 N–H and O–H groups in total. The van der Waals surface area contributed by atoms with E-state index in [4.69, 9.17) is 0 Å². The summed E-state index contributed by atoms with van der Waals surface area (Å²) in [7, 11) is -3.78. The monoisotopic (exact) mass is 423 g/mol. The number of hydrogen-bond acceptors (Lipinski definition) is 5. The van der Waals surface area contributed by atoms with Gasteiger partial charge in [-0.15, -0.1) is 0 Å². The van der Waals surface area contributed by atoms with Gasteiger partial charge >= 0.3 is 0 Å². The maximum absolute atomic E-state index is 12.9. The van der Waals surface area contributed by atoms with E-state index in [0.717, 1.165) is 31.6 Å². The summed E-state index contributed by atoms with van der Waals surface area (Å²) in [6.45, 7) is 1.78. The summed E-state index contributed by atoms with van der Waals surface area (Å²) in [5.74, 6) is 0.217. The molecule has 1 aliphatic rings. The summed E-state index contributed by atoms with van der Waals surface area (Å²) >= 11 is 0. The van der Waals surface area contributed by atoms with E-state index in [-0.39, 0.29) is 16.4 Å². The van der Waals surface area contributed by atoms with Gasteiger partial charge in [-0.05, 0) is 50.2 Å². The van der Waals surface area contributed by atoms with Crippen molar-refractivity contribution in [1.82, 2.24) is 19.9 Å². The van der Waals surface area contributed by atoms with Crippen LogP contribution in [0.5, 0.6) is 0 Å². The molecule has 3 heterocycles. The van der Waals surface area contributed by atoms with Crippen molar-refractivity contribution < 1.29 is 8.42 Å². The van der Waals surface area contributed by atoms with Crippen molar-refractivity contribution in [2.24, 2.45) is 0 Å². The molecule has 0 unspecified atom stereocenters. The van der Waals surface area contributed by atoms with Gasteiger partial charge in [-0.25, -0.2) is 12.9 Å². The normalized spacial score (nSPS) is 15.6. The minimum absolute atomic E-state index is 0.169. The number of sulfonamides is 1.